The summed E-state index contributed by atoms with van der Waals surface area (Å²) in [4.78, 5) is 12.1. The predicted molar refractivity (Wildman–Crippen MR) is 66.3 cm³/mol. The minimum Gasteiger partial charge on any atom is -0.496 e. The quantitative estimate of drug-likeness (QED) is 0.853. The Morgan fingerprint density at radius 1 is 1.56 bits per heavy atom. The van der Waals surface area contributed by atoms with Gasteiger partial charge in [0.2, 0.25) is 0 Å². The number of nitrogens with one attached hydrogen (secondary N) is 2. The Morgan fingerprint density at radius 2 is 2.39 bits per heavy atom. The van der Waals surface area contributed by atoms with Gasteiger partial charge < -0.3 is 15.4 Å². The van der Waals surface area contributed by atoms with Crippen molar-refractivity contribution in [3.8, 4) is 5.75 Å². The molecule has 0 radical (unpaired) electrons. The number of hydrogen-bond acceptors (Lipinski definition) is 3. The van der Waals surface area contributed by atoms with Gasteiger partial charge >= 0.3 is 0 Å². The first-order chi connectivity index (χ1) is 8.72. The van der Waals surface area contributed by atoms with E-state index in [0.29, 0.717) is 0 Å². The minimum absolute atomic E-state index is 0.0226. The van der Waals surface area contributed by atoms with E-state index in [1.54, 1.807) is 6.07 Å². The van der Waals surface area contributed by atoms with Crippen molar-refractivity contribution >= 4 is 5.91 Å². The van der Waals surface area contributed by atoms with Gasteiger partial charge in [0.15, 0.2) is 0 Å². The fraction of sp³-hybridized carbons (Fsp3) is 0.462. The molecule has 1 unspecified atom stereocenters. The van der Waals surface area contributed by atoms with Crippen LogP contribution in [-0.4, -0.2) is 32.1 Å². The first kappa shape index (κ1) is 12.8. The highest BCUT2D eigenvalue weighted by atomic mass is 19.1. The van der Waals surface area contributed by atoms with E-state index in [2.05, 4.69) is 10.6 Å². The van der Waals surface area contributed by atoms with Crippen LogP contribution in [0.1, 0.15) is 23.2 Å². The SMILES string of the molecule is COc1cccc(F)c1C(=O)NC1CCCNC1. The number of halogens is 1. The van der Waals surface area contributed by atoms with Gasteiger partial charge in [-0.3, -0.25) is 4.79 Å². The second kappa shape index (κ2) is 5.82. The first-order valence-electron chi connectivity index (χ1n) is 6.06. The molecule has 1 aliphatic rings. The molecule has 0 aliphatic carbocycles. The van der Waals surface area contributed by atoms with E-state index in [4.69, 9.17) is 4.74 Å². The van der Waals surface area contributed by atoms with Crippen LogP contribution in [0.5, 0.6) is 5.75 Å². The van der Waals surface area contributed by atoms with Crippen molar-refractivity contribution in [2.24, 2.45) is 0 Å². The third-order valence-electron chi connectivity index (χ3n) is 3.05. The van der Waals surface area contributed by atoms with E-state index >= 15 is 0 Å². The lowest BCUT2D eigenvalue weighted by atomic mass is 10.1. The van der Waals surface area contributed by atoms with Crippen molar-refractivity contribution in [1.29, 1.82) is 0 Å². The number of rotatable bonds is 3. The Hall–Kier alpha value is -1.62. The Kier molecular flexibility index (Phi) is 4.15. The van der Waals surface area contributed by atoms with Gasteiger partial charge in [-0.15, -0.1) is 0 Å². The monoisotopic (exact) mass is 252 g/mol. The molecule has 0 saturated carbocycles. The smallest absolute Gasteiger partial charge is 0.258 e. The summed E-state index contributed by atoms with van der Waals surface area (Å²) in [6.45, 7) is 1.69. The molecular formula is C13H17FN2O2. The maximum absolute atomic E-state index is 13.7. The average molecular weight is 252 g/mol. The van der Waals surface area contributed by atoms with Crippen LogP contribution in [0.4, 0.5) is 4.39 Å². The molecular weight excluding hydrogens is 235 g/mol. The molecule has 1 aliphatic heterocycles. The summed E-state index contributed by atoms with van der Waals surface area (Å²) >= 11 is 0. The fourth-order valence-electron chi connectivity index (χ4n) is 2.13. The number of piperidine rings is 1. The number of amides is 1. The fourth-order valence-corrected chi connectivity index (χ4v) is 2.13. The van der Waals surface area contributed by atoms with E-state index in [-0.39, 0.29) is 17.4 Å². The molecule has 18 heavy (non-hydrogen) atoms. The van der Waals surface area contributed by atoms with E-state index < -0.39 is 11.7 Å². The second-order valence-electron chi connectivity index (χ2n) is 4.33. The molecule has 0 aromatic heterocycles. The molecule has 1 aromatic carbocycles. The van der Waals surface area contributed by atoms with Crippen molar-refractivity contribution in [3.05, 3.63) is 29.6 Å². The molecule has 1 amide bonds. The van der Waals surface area contributed by atoms with E-state index in [1.165, 1.54) is 19.2 Å². The number of ether oxygens (including phenoxy) is 1. The van der Waals surface area contributed by atoms with Gasteiger partial charge in [-0.2, -0.15) is 0 Å². The number of carbonyl (C=O) groups excluding carboxylic acids is 1. The van der Waals surface area contributed by atoms with E-state index in [0.717, 1.165) is 25.9 Å². The predicted octanol–water partition coefficient (Wildman–Crippen LogP) is 1.32. The van der Waals surface area contributed by atoms with E-state index in [9.17, 15) is 9.18 Å². The highest BCUT2D eigenvalue weighted by Gasteiger charge is 2.21. The maximum atomic E-state index is 13.7. The third-order valence-corrected chi connectivity index (χ3v) is 3.05. The molecule has 1 atom stereocenters. The van der Waals surface area contributed by atoms with Gasteiger partial charge in [-0.1, -0.05) is 6.07 Å². The van der Waals surface area contributed by atoms with Crippen LogP contribution in [0, 0.1) is 5.82 Å². The largest absolute Gasteiger partial charge is 0.496 e. The zero-order chi connectivity index (χ0) is 13.0. The van der Waals surface area contributed by atoms with Gasteiger partial charge in [0.05, 0.1) is 7.11 Å². The highest BCUT2D eigenvalue weighted by molar-refractivity contribution is 5.97. The van der Waals surface area contributed by atoms with Crippen LogP contribution >= 0.6 is 0 Å². The van der Waals surface area contributed by atoms with Gasteiger partial charge in [-0.25, -0.2) is 4.39 Å². The summed E-state index contributed by atoms with van der Waals surface area (Å²) in [7, 11) is 1.42. The lowest BCUT2D eigenvalue weighted by molar-refractivity contribution is 0.0923. The van der Waals surface area contributed by atoms with Crippen LogP contribution in [0.15, 0.2) is 18.2 Å². The number of benzene rings is 1. The van der Waals surface area contributed by atoms with Gasteiger partial charge in [0.1, 0.15) is 17.1 Å². The van der Waals surface area contributed by atoms with E-state index in [1.807, 2.05) is 0 Å². The normalized spacial score (nSPS) is 19.3. The summed E-state index contributed by atoms with van der Waals surface area (Å²) in [5.41, 5.74) is -0.0226. The molecule has 5 heteroatoms. The van der Waals surface area contributed by atoms with Gasteiger partial charge in [-0.05, 0) is 31.5 Å². The number of carbonyl (C=O) groups is 1. The second-order valence-corrected chi connectivity index (χ2v) is 4.33. The van der Waals surface area contributed by atoms with Crippen molar-refractivity contribution in [1.82, 2.24) is 10.6 Å². The van der Waals surface area contributed by atoms with Crippen molar-refractivity contribution in [2.75, 3.05) is 20.2 Å². The summed E-state index contributed by atoms with van der Waals surface area (Å²) in [5, 5.41) is 6.02. The van der Waals surface area contributed by atoms with Gasteiger partial charge in [0.25, 0.3) is 5.91 Å². The Morgan fingerprint density at radius 3 is 3.06 bits per heavy atom. The van der Waals surface area contributed by atoms with Crippen LogP contribution in [0.25, 0.3) is 0 Å². The summed E-state index contributed by atoms with van der Waals surface area (Å²) in [5.74, 6) is -0.717. The lowest BCUT2D eigenvalue weighted by Crippen LogP contribution is -2.45. The van der Waals surface area contributed by atoms with Crippen LogP contribution in [0.3, 0.4) is 0 Å². The zero-order valence-corrected chi connectivity index (χ0v) is 10.3. The molecule has 1 aromatic rings. The van der Waals surface area contributed by atoms with Gasteiger partial charge in [0, 0.05) is 12.6 Å². The van der Waals surface area contributed by atoms with Crippen LogP contribution in [0.2, 0.25) is 0 Å². The molecule has 4 nitrogen and oxygen atoms in total. The standard InChI is InChI=1S/C13H17FN2O2/c1-18-11-6-2-5-10(14)12(11)13(17)16-9-4-3-7-15-8-9/h2,5-6,9,15H,3-4,7-8H2,1H3,(H,16,17). The zero-order valence-electron chi connectivity index (χ0n) is 10.3. The maximum Gasteiger partial charge on any atom is 0.258 e. The Balaban J connectivity index is 2.12. The molecule has 0 bridgehead atoms. The molecule has 2 N–H and O–H groups in total. The van der Waals surface area contributed by atoms with Crippen LogP contribution in [-0.2, 0) is 0 Å². The molecule has 2 rings (SSSR count). The molecule has 1 saturated heterocycles. The first-order valence-corrected chi connectivity index (χ1v) is 6.06. The highest BCUT2D eigenvalue weighted by Crippen LogP contribution is 2.21. The summed E-state index contributed by atoms with van der Waals surface area (Å²) in [6.07, 6.45) is 1.93. The Bertz CT molecular complexity index is 431. The third kappa shape index (κ3) is 2.79. The van der Waals surface area contributed by atoms with Crippen LogP contribution < -0.4 is 15.4 Å². The van der Waals surface area contributed by atoms with Crippen molar-refractivity contribution in [3.63, 3.8) is 0 Å². The van der Waals surface area contributed by atoms with Crippen molar-refractivity contribution in [2.45, 2.75) is 18.9 Å². The minimum atomic E-state index is -0.560. The molecule has 1 heterocycles. The summed E-state index contributed by atoms with van der Waals surface area (Å²) in [6, 6.07) is 4.41. The Labute approximate surface area is 106 Å². The molecule has 0 spiro atoms. The number of methoxy groups -OCH3 is 1. The molecule has 98 valence electrons. The van der Waals surface area contributed by atoms with Crippen molar-refractivity contribution < 1.29 is 13.9 Å². The average Bonchev–Trinajstić information content (AvgIpc) is 2.39. The summed E-state index contributed by atoms with van der Waals surface area (Å²) < 4.78 is 18.7. The topological polar surface area (TPSA) is 50.4 Å². The lowest BCUT2D eigenvalue weighted by Gasteiger charge is -2.24. The number of hydrogen-bond donors (Lipinski definition) is 2. The molecule has 1 fully saturated rings.